The molecule has 0 radical (unpaired) electrons. The van der Waals surface area contributed by atoms with Crippen LogP contribution in [0.1, 0.15) is 33.1 Å². The quantitative estimate of drug-likeness (QED) is 0.534. The number of ether oxygens (including phenoxy) is 1. The van der Waals surface area contributed by atoms with Gasteiger partial charge < -0.3 is 9.84 Å². The van der Waals surface area contributed by atoms with E-state index in [1.54, 1.807) is 0 Å². The number of esters is 1. The Kier molecular flexibility index (Phi) is 7.00. The summed E-state index contributed by atoms with van der Waals surface area (Å²) in [4.78, 5) is 10.7. The number of halogens is 1. The average Bonchev–Trinajstić information content (AvgIpc) is 2.03. The van der Waals surface area contributed by atoms with E-state index in [9.17, 15) is 9.90 Å². The van der Waals surface area contributed by atoms with Crippen LogP contribution in [-0.4, -0.2) is 29.2 Å². The predicted molar refractivity (Wildman–Crippen MR) is 51.8 cm³/mol. The van der Waals surface area contributed by atoms with Crippen LogP contribution in [-0.2, 0) is 9.53 Å². The average molecular weight is 209 g/mol. The van der Waals surface area contributed by atoms with Crippen LogP contribution in [0, 0.1) is 0 Å². The van der Waals surface area contributed by atoms with Gasteiger partial charge in [-0.05, 0) is 12.8 Å². The Bertz CT molecular complexity index is 150. The Morgan fingerprint density at radius 2 is 2.23 bits per heavy atom. The minimum absolute atomic E-state index is 0.245. The van der Waals surface area contributed by atoms with Gasteiger partial charge in [0.15, 0.2) is 0 Å². The summed E-state index contributed by atoms with van der Waals surface area (Å²) in [7, 11) is 0. The van der Waals surface area contributed by atoms with Crippen LogP contribution in [0.25, 0.3) is 0 Å². The summed E-state index contributed by atoms with van der Waals surface area (Å²) < 4.78 is 4.98. The highest BCUT2D eigenvalue weighted by Gasteiger charge is 2.15. The largest absolute Gasteiger partial charge is 0.462 e. The zero-order chi connectivity index (χ0) is 10.3. The van der Waals surface area contributed by atoms with E-state index in [1.165, 1.54) is 6.92 Å². The van der Waals surface area contributed by atoms with E-state index in [-0.39, 0.29) is 12.1 Å². The second kappa shape index (κ2) is 7.15. The van der Waals surface area contributed by atoms with Crippen molar-refractivity contribution in [3.05, 3.63) is 0 Å². The van der Waals surface area contributed by atoms with E-state index < -0.39 is 6.10 Å². The third kappa shape index (κ3) is 6.84. The fourth-order valence-electron chi connectivity index (χ4n) is 1.05. The summed E-state index contributed by atoms with van der Waals surface area (Å²) in [6, 6.07) is 0. The monoisotopic (exact) mass is 208 g/mol. The van der Waals surface area contributed by atoms with Gasteiger partial charge in [-0.1, -0.05) is 6.92 Å². The lowest BCUT2D eigenvalue weighted by atomic mass is 10.1. The number of hydrogen-bond donors (Lipinski definition) is 1. The van der Waals surface area contributed by atoms with Crippen molar-refractivity contribution in [2.45, 2.75) is 45.3 Å². The Labute approximate surface area is 84.0 Å². The standard InChI is InChI=1S/C9H17ClO3/c1-3-8(12)6-9(4-5-10)13-7(2)11/h8-9,12H,3-6H2,1-2H3. The molecule has 0 heterocycles. The summed E-state index contributed by atoms with van der Waals surface area (Å²) >= 11 is 5.53. The molecule has 0 spiro atoms. The second-order valence-electron chi connectivity index (χ2n) is 3.01. The van der Waals surface area contributed by atoms with Gasteiger partial charge in [0, 0.05) is 19.2 Å². The smallest absolute Gasteiger partial charge is 0.302 e. The number of rotatable bonds is 6. The molecule has 0 fully saturated rings. The lowest BCUT2D eigenvalue weighted by Crippen LogP contribution is -2.23. The van der Waals surface area contributed by atoms with Gasteiger partial charge in [0.2, 0.25) is 0 Å². The third-order valence-corrected chi connectivity index (χ3v) is 1.99. The lowest BCUT2D eigenvalue weighted by Gasteiger charge is -2.18. The molecule has 0 bridgehead atoms. The first-order chi connectivity index (χ1) is 6.10. The molecule has 0 saturated heterocycles. The fraction of sp³-hybridized carbons (Fsp3) is 0.889. The first-order valence-electron chi connectivity index (χ1n) is 4.51. The van der Waals surface area contributed by atoms with Gasteiger partial charge in [-0.25, -0.2) is 0 Å². The van der Waals surface area contributed by atoms with E-state index in [2.05, 4.69) is 0 Å². The van der Waals surface area contributed by atoms with Crippen molar-refractivity contribution in [1.29, 1.82) is 0 Å². The van der Waals surface area contributed by atoms with Crippen LogP contribution in [0.5, 0.6) is 0 Å². The summed E-state index contributed by atoms with van der Waals surface area (Å²) in [5.41, 5.74) is 0. The number of aliphatic hydroxyl groups is 1. The molecule has 0 aromatic heterocycles. The minimum Gasteiger partial charge on any atom is -0.462 e. The summed E-state index contributed by atoms with van der Waals surface area (Å²) in [6.07, 6.45) is 1.08. The number of carbonyl (C=O) groups is 1. The van der Waals surface area contributed by atoms with Crippen LogP contribution >= 0.6 is 11.6 Å². The normalized spacial score (nSPS) is 15.1. The van der Waals surface area contributed by atoms with Crippen molar-refractivity contribution < 1.29 is 14.6 Å². The first-order valence-corrected chi connectivity index (χ1v) is 5.04. The lowest BCUT2D eigenvalue weighted by molar-refractivity contribution is -0.147. The topological polar surface area (TPSA) is 46.5 Å². The van der Waals surface area contributed by atoms with Gasteiger partial charge >= 0.3 is 5.97 Å². The molecule has 0 rings (SSSR count). The molecule has 78 valence electrons. The summed E-state index contributed by atoms with van der Waals surface area (Å²) in [6.45, 7) is 3.25. The van der Waals surface area contributed by atoms with E-state index >= 15 is 0 Å². The molecule has 13 heavy (non-hydrogen) atoms. The molecule has 3 nitrogen and oxygen atoms in total. The second-order valence-corrected chi connectivity index (χ2v) is 3.38. The molecule has 2 unspecified atom stereocenters. The zero-order valence-corrected chi connectivity index (χ0v) is 8.88. The van der Waals surface area contributed by atoms with Crippen molar-refractivity contribution in [2.75, 3.05) is 5.88 Å². The zero-order valence-electron chi connectivity index (χ0n) is 8.12. The number of alkyl halides is 1. The predicted octanol–water partition coefficient (Wildman–Crippen LogP) is 1.71. The van der Waals surface area contributed by atoms with Crippen molar-refractivity contribution >= 4 is 17.6 Å². The highest BCUT2D eigenvalue weighted by molar-refractivity contribution is 6.17. The van der Waals surface area contributed by atoms with Gasteiger partial charge in [0.25, 0.3) is 0 Å². The van der Waals surface area contributed by atoms with E-state index in [0.717, 1.165) is 0 Å². The number of aliphatic hydroxyl groups excluding tert-OH is 1. The molecule has 0 aromatic carbocycles. The molecule has 2 atom stereocenters. The Balaban J connectivity index is 3.85. The number of carbonyl (C=O) groups excluding carboxylic acids is 1. The van der Waals surface area contributed by atoms with Crippen molar-refractivity contribution in [2.24, 2.45) is 0 Å². The highest BCUT2D eigenvalue weighted by atomic mass is 35.5. The van der Waals surface area contributed by atoms with E-state index in [0.29, 0.717) is 25.1 Å². The molecule has 4 heteroatoms. The van der Waals surface area contributed by atoms with Crippen molar-refractivity contribution in [1.82, 2.24) is 0 Å². The molecule has 1 N–H and O–H groups in total. The Morgan fingerprint density at radius 3 is 2.62 bits per heavy atom. The minimum atomic E-state index is -0.410. The molecule has 0 amide bonds. The van der Waals surface area contributed by atoms with Gasteiger partial charge in [-0.2, -0.15) is 0 Å². The molecular formula is C9H17ClO3. The maximum Gasteiger partial charge on any atom is 0.302 e. The summed E-state index contributed by atoms with van der Waals surface area (Å²) in [5.74, 6) is 0.118. The van der Waals surface area contributed by atoms with Crippen LogP contribution in [0.2, 0.25) is 0 Å². The first kappa shape index (κ1) is 12.7. The molecular weight excluding hydrogens is 192 g/mol. The van der Waals surface area contributed by atoms with Gasteiger partial charge in [-0.3, -0.25) is 4.79 Å². The van der Waals surface area contributed by atoms with Crippen LogP contribution < -0.4 is 0 Å². The Hall–Kier alpha value is -0.280. The van der Waals surface area contributed by atoms with Gasteiger partial charge in [0.1, 0.15) is 6.10 Å². The maximum absolute atomic E-state index is 10.7. The van der Waals surface area contributed by atoms with Gasteiger partial charge in [0.05, 0.1) is 6.10 Å². The van der Waals surface area contributed by atoms with Crippen LogP contribution in [0.15, 0.2) is 0 Å². The van der Waals surface area contributed by atoms with Crippen molar-refractivity contribution in [3.63, 3.8) is 0 Å². The van der Waals surface area contributed by atoms with Crippen LogP contribution in [0.4, 0.5) is 0 Å². The highest BCUT2D eigenvalue weighted by Crippen LogP contribution is 2.10. The molecule has 0 aliphatic carbocycles. The van der Waals surface area contributed by atoms with Gasteiger partial charge in [-0.15, -0.1) is 11.6 Å². The molecule has 0 aromatic rings. The van der Waals surface area contributed by atoms with Crippen molar-refractivity contribution in [3.8, 4) is 0 Å². The molecule has 0 saturated carbocycles. The van der Waals surface area contributed by atoms with E-state index in [4.69, 9.17) is 16.3 Å². The fourth-order valence-corrected chi connectivity index (χ4v) is 1.29. The molecule has 0 aliphatic heterocycles. The van der Waals surface area contributed by atoms with Crippen LogP contribution in [0.3, 0.4) is 0 Å². The SMILES string of the molecule is CCC(O)CC(CCCl)OC(C)=O. The Morgan fingerprint density at radius 1 is 1.62 bits per heavy atom. The maximum atomic E-state index is 10.7. The number of hydrogen-bond acceptors (Lipinski definition) is 3. The summed E-state index contributed by atoms with van der Waals surface area (Å²) in [5, 5.41) is 9.33. The molecule has 0 aliphatic rings. The third-order valence-electron chi connectivity index (χ3n) is 1.77. The van der Waals surface area contributed by atoms with E-state index in [1.807, 2.05) is 6.92 Å².